The van der Waals surface area contributed by atoms with Gasteiger partial charge in [-0.15, -0.1) is 0 Å². The number of ether oxygens (including phenoxy) is 1. The second-order valence-corrected chi connectivity index (χ2v) is 8.92. The van der Waals surface area contributed by atoms with Gasteiger partial charge in [-0.2, -0.15) is 8.78 Å². The number of aryl methyl sites for hydroxylation is 1. The van der Waals surface area contributed by atoms with E-state index in [1.54, 1.807) is 35.7 Å². The summed E-state index contributed by atoms with van der Waals surface area (Å²) in [4.78, 5) is 26.2. The molecule has 1 aliphatic heterocycles. The number of para-hydroxylation sites is 1. The summed E-state index contributed by atoms with van der Waals surface area (Å²) in [6, 6.07) is 7.84. The summed E-state index contributed by atoms with van der Waals surface area (Å²) in [5.74, 6) is -1.51. The minimum Gasteiger partial charge on any atom is -0.550 e. The zero-order valence-corrected chi connectivity index (χ0v) is 22.9. The number of carbonyl (C=O) groups is 1. The van der Waals surface area contributed by atoms with E-state index in [0.29, 0.717) is 60.0 Å². The normalized spacial score (nSPS) is 14.1. The molecule has 4 aromatic rings. The molecule has 3 aromatic heterocycles. The predicted octanol–water partition coefficient (Wildman–Crippen LogP) is 0.401. The number of benzene rings is 1. The minimum absolute atomic E-state index is 0. The number of alkyl halides is 2. The van der Waals surface area contributed by atoms with E-state index in [1.165, 1.54) is 24.5 Å². The summed E-state index contributed by atoms with van der Waals surface area (Å²) in [5, 5.41) is 11.1. The molecule has 1 saturated heterocycles. The van der Waals surface area contributed by atoms with Crippen LogP contribution < -0.4 is 44.3 Å². The Morgan fingerprint density at radius 3 is 2.53 bits per heavy atom. The van der Waals surface area contributed by atoms with Gasteiger partial charge in [-0.05, 0) is 25.8 Å². The van der Waals surface area contributed by atoms with Crippen LogP contribution in [0.15, 0.2) is 48.9 Å². The number of carboxylic acid groups (broad SMARTS) is 1. The van der Waals surface area contributed by atoms with Crippen molar-refractivity contribution in [3.8, 4) is 16.9 Å². The Balaban J connectivity index is 0.00000336. The number of rotatable bonds is 7. The summed E-state index contributed by atoms with van der Waals surface area (Å²) < 4.78 is 47.2. The fourth-order valence-corrected chi connectivity index (χ4v) is 4.64. The molecule has 5 rings (SSSR count). The Bertz CT molecular complexity index is 1440. The van der Waals surface area contributed by atoms with Crippen molar-refractivity contribution in [2.75, 3.05) is 18.0 Å². The molecule has 1 aliphatic rings. The van der Waals surface area contributed by atoms with E-state index in [1.807, 2.05) is 4.90 Å². The molecule has 0 unspecified atom stereocenters. The van der Waals surface area contributed by atoms with Gasteiger partial charge in [0.15, 0.2) is 0 Å². The molecule has 0 bridgehead atoms. The zero-order chi connectivity index (χ0) is 26.1. The number of carboxylic acids is 1. The summed E-state index contributed by atoms with van der Waals surface area (Å²) in [6.45, 7) is -0.189. The van der Waals surface area contributed by atoms with Crippen molar-refractivity contribution in [1.82, 2.24) is 19.4 Å². The summed E-state index contributed by atoms with van der Waals surface area (Å²) in [7, 11) is 0. The van der Waals surface area contributed by atoms with E-state index in [4.69, 9.17) is 0 Å². The third-order valence-electron chi connectivity index (χ3n) is 6.62. The van der Waals surface area contributed by atoms with Crippen molar-refractivity contribution >= 4 is 17.6 Å². The number of imidazole rings is 1. The van der Waals surface area contributed by atoms with Gasteiger partial charge in [0.05, 0.1) is 5.69 Å². The molecule has 8 nitrogen and oxygen atoms in total. The Morgan fingerprint density at radius 2 is 1.87 bits per heavy atom. The van der Waals surface area contributed by atoms with Gasteiger partial charge in [-0.1, -0.05) is 18.2 Å². The largest absolute Gasteiger partial charge is 1.00 e. The van der Waals surface area contributed by atoms with Crippen LogP contribution in [0.25, 0.3) is 16.8 Å². The van der Waals surface area contributed by atoms with Crippen molar-refractivity contribution < 1.29 is 57.4 Å². The molecule has 0 spiro atoms. The van der Waals surface area contributed by atoms with Crippen molar-refractivity contribution in [2.45, 2.75) is 32.8 Å². The van der Waals surface area contributed by atoms with E-state index >= 15 is 4.39 Å². The summed E-state index contributed by atoms with van der Waals surface area (Å²) >= 11 is 0. The first-order valence-electron chi connectivity index (χ1n) is 11.8. The summed E-state index contributed by atoms with van der Waals surface area (Å²) in [6.07, 6.45) is 5.79. The van der Waals surface area contributed by atoms with Crippen molar-refractivity contribution in [3.63, 3.8) is 0 Å². The number of piperidine rings is 1. The number of nitrogens with zero attached hydrogens (tertiary/aromatic N) is 5. The molecule has 0 saturated carbocycles. The first-order chi connectivity index (χ1) is 17.8. The third kappa shape index (κ3) is 5.79. The smallest absolute Gasteiger partial charge is 0.550 e. The molecule has 192 valence electrons. The number of aromatic nitrogens is 4. The Kier molecular flexibility index (Phi) is 8.59. The number of aliphatic carboxylic acids is 1. The second-order valence-electron chi connectivity index (χ2n) is 8.92. The van der Waals surface area contributed by atoms with E-state index in [9.17, 15) is 18.7 Å². The molecule has 0 radical (unpaired) electrons. The molecule has 4 heterocycles. The Labute approximate surface area is 238 Å². The van der Waals surface area contributed by atoms with Crippen LogP contribution in [0.4, 0.5) is 19.1 Å². The number of fused-ring (bicyclic) bond motifs is 1. The van der Waals surface area contributed by atoms with Gasteiger partial charge in [0.1, 0.15) is 17.2 Å². The second kappa shape index (κ2) is 11.7. The Morgan fingerprint density at radius 1 is 1.18 bits per heavy atom. The van der Waals surface area contributed by atoms with Gasteiger partial charge in [0, 0.05) is 78.4 Å². The van der Waals surface area contributed by atoms with Gasteiger partial charge in [0.25, 0.3) is 0 Å². The number of hydrogen-bond donors (Lipinski definition) is 0. The first-order valence-corrected chi connectivity index (χ1v) is 11.8. The SMILES string of the molecule is Cc1nc2cc(F)c(-c3cnc(N4CCC(C(=O)[O-])CC4)nc3)cn2c1Cc1ccccc1OC(F)F.[Na+]. The zero-order valence-electron chi connectivity index (χ0n) is 20.9. The van der Waals surface area contributed by atoms with Crippen molar-refractivity contribution in [2.24, 2.45) is 5.92 Å². The van der Waals surface area contributed by atoms with Crippen LogP contribution in [-0.4, -0.2) is 45.0 Å². The third-order valence-corrected chi connectivity index (χ3v) is 6.62. The van der Waals surface area contributed by atoms with Crippen molar-refractivity contribution in [3.05, 3.63) is 71.7 Å². The molecule has 0 N–H and O–H groups in total. The molecule has 0 amide bonds. The van der Waals surface area contributed by atoms with E-state index < -0.39 is 24.3 Å². The average molecular weight is 533 g/mol. The number of hydrogen-bond acceptors (Lipinski definition) is 7. The van der Waals surface area contributed by atoms with Gasteiger partial charge in [-0.3, -0.25) is 0 Å². The van der Waals surface area contributed by atoms with Crippen LogP contribution in [0.5, 0.6) is 5.75 Å². The van der Waals surface area contributed by atoms with Gasteiger partial charge < -0.3 is 23.9 Å². The molecule has 1 aromatic carbocycles. The maximum Gasteiger partial charge on any atom is 1.00 e. The minimum atomic E-state index is -2.95. The molecule has 12 heteroatoms. The topological polar surface area (TPSA) is 95.7 Å². The quantitative estimate of drug-likeness (QED) is 0.318. The molecular weight excluding hydrogens is 510 g/mol. The van der Waals surface area contributed by atoms with Gasteiger partial charge in [0.2, 0.25) is 5.95 Å². The van der Waals surface area contributed by atoms with E-state index in [-0.39, 0.29) is 47.3 Å². The van der Waals surface area contributed by atoms with Crippen LogP contribution in [0.3, 0.4) is 0 Å². The fraction of sp³-hybridized carbons (Fsp3) is 0.308. The number of carbonyl (C=O) groups excluding carboxylic acids is 1. The van der Waals surface area contributed by atoms with Crippen LogP contribution >= 0.6 is 0 Å². The van der Waals surface area contributed by atoms with Crippen LogP contribution in [0.1, 0.15) is 29.8 Å². The summed E-state index contributed by atoms with van der Waals surface area (Å²) in [5.41, 5.74) is 2.98. The van der Waals surface area contributed by atoms with Crippen LogP contribution in [-0.2, 0) is 11.2 Å². The average Bonchev–Trinajstić information content (AvgIpc) is 3.18. The molecule has 0 aliphatic carbocycles. The monoisotopic (exact) mass is 533 g/mol. The standard InChI is InChI=1S/C26H24F3N5O3.Na/c1-15-21(10-17-4-2-3-5-22(17)37-25(28)29)34-14-19(20(27)11-23(34)32-15)18-12-30-26(31-13-18)33-8-6-16(7-9-33)24(35)36;/h2-5,11-14,16,25H,6-10H2,1H3,(H,35,36);/q;+1/p-1. The van der Waals surface area contributed by atoms with Crippen LogP contribution in [0, 0.1) is 18.7 Å². The Hall–Kier alpha value is -3.15. The number of pyridine rings is 1. The number of halogens is 3. The maximum absolute atomic E-state index is 15.1. The van der Waals surface area contributed by atoms with E-state index in [0.717, 1.165) is 0 Å². The van der Waals surface area contributed by atoms with Crippen LogP contribution in [0.2, 0.25) is 0 Å². The van der Waals surface area contributed by atoms with Gasteiger partial charge >= 0.3 is 36.2 Å². The predicted molar refractivity (Wildman–Crippen MR) is 127 cm³/mol. The molecular formula is C26H23F3N5NaO3. The fourth-order valence-electron chi connectivity index (χ4n) is 4.64. The maximum atomic E-state index is 15.1. The first kappa shape index (κ1) is 27.9. The van der Waals surface area contributed by atoms with E-state index in [2.05, 4.69) is 19.7 Å². The molecule has 1 fully saturated rings. The molecule has 0 atom stereocenters. The van der Waals surface area contributed by atoms with Gasteiger partial charge in [-0.25, -0.2) is 19.3 Å². The number of anilines is 1. The molecule has 38 heavy (non-hydrogen) atoms. The van der Waals surface area contributed by atoms with Crippen molar-refractivity contribution in [1.29, 1.82) is 0 Å².